The van der Waals surface area contributed by atoms with Crippen molar-refractivity contribution in [2.24, 2.45) is 15.9 Å². The van der Waals surface area contributed by atoms with Gasteiger partial charge in [0.05, 0.1) is 28.7 Å². The Labute approximate surface area is 242 Å². The lowest BCUT2D eigenvalue weighted by molar-refractivity contribution is -0.118. The summed E-state index contributed by atoms with van der Waals surface area (Å²) < 4.78 is 0. The highest BCUT2D eigenvalue weighted by molar-refractivity contribution is 6.24. The van der Waals surface area contributed by atoms with Crippen LogP contribution in [0.5, 0.6) is 0 Å². The maximum atomic E-state index is 14.0. The molecule has 1 atom stereocenters. The molecule has 0 radical (unpaired) electrons. The van der Waals surface area contributed by atoms with E-state index in [0.717, 1.165) is 76.2 Å². The third-order valence-corrected chi connectivity index (χ3v) is 8.79. The Kier molecular flexibility index (Phi) is 6.98. The highest BCUT2D eigenvalue weighted by Crippen LogP contribution is 2.36. The van der Waals surface area contributed by atoms with Crippen molar-refractivity contribution in [3.05, 3.63) is 110 Å². The summed E-state index contributed by atoms with van der Waals surface area (Å²) in [6, 6.07) is 9.91. The number of hydrogen-bond acceptors (Lipinski definition) is 3. The van der Waals surface area contributed by atoms with Gasteiger partial charge in [-0.25, -0.2) is 9.98 Å². The van der Waals surface area contributed by atoms with Crippen LogP contribution >= 0.6 is 0 Å². The Morgan fingerprint density at radius 3 is 2.12 bits per heavy atom. The monoisotopic (exact) mass is 542 g/mol. The number of para-hydroxylation sites is 1. The molecule has 1 amide bonds. The SMILES string of the molecule is CCC1=C(C)/C2=C/C3=CC(/C=c4\[nH]/c(c(CC)c4C)=C\C4=NC(=C\C1=N2)/C(CC)=C4CC)C(=O)N3c1ccccc1. The minimum absolute atomic E-state index is 0.0406. The van der Waals surface area contributed by atoms with Crippen molar-refractivity contribution in [1.29, 1.82) is 0 Å². The van der Waals surface area contributed by atoms with Crippen molar-refractivity contribution in [2.45, 2.75) is 67.2 Å². The summed E-state index contributed by atoms with van der Waals surface area (Å²) in [5, 5.41) is 2.07. The molecule has 208 valence electrons. The number of benzene rings is 1. The number of nitrogens with zero attached hydrogens (tertiary/aromatic N) is 3. The van der Waals surface area contributed by atoms with E-state index in [-0.39, 0.29) is 5.91 Å². The number of carbonyl (C=O) groups excluding carboxylic acids is 1. The predicted molar refractivity (Wildman–Crippen MR) is 170 cm³/mol. The molecule has 0 aliphatic carbocycles. The highest BCUT2D eigenvalue weighted by atomic mass is 16.2. The zero-order chi connectivity index (χ0) is 28.8. The number of aromatic amines is 1. The van der Waals surface area contributed by atoms with E-state index in [9.17, 15) is 4.79 Å². The summed E-state index contributed by atoms with van der Waals surface area (Å²) in [6.45, 7) is 13.1. The van der Waals surface area contributed by atoms with Crippen LogP contribution in [0.1, 0.15) is 65.0 Å². The first-order valence-corrected chi connectivity index (χ1v) is 14.9. The van der Waals surface area contributed by atoms with E-state index in [2.05, 4.69) is 76.9 Å². The number of carbonyl (C=O) groups is 1. The number of amides is 1. The second-order valence-electron chi connectivity index (χ2n) is 11.0. The lowest BCUT2D eigenvalue weighted by Gasteiger charge is -2.19. The van der Waals surface area contributed by atoms with Crippen LogP contribution in [-0.2, 0) is 11.2 Å². The standard InChI is InChI=1S/C36H38N4O/c1-7-26-21(5)30-17-23-16-25(40(36(23)41)24-14-12-11-13-15-24)18-31-22(6)27(8-2)33(38-31)20-35-29(10-4)28(9-3)34(39-35)19-32(26)37-30/h11-20,23,37H,7-10H2,1-6H3/b30-17-,31-18-,32-19-,35-20-. The van der Waals surface area contributed by atoms with Crippen molar-refractivity contribution in [3.63, 3.8) is 0 Å². The lowest BCUT2D eigenvalue weighted by Crippen LogP contribution is -2.28. The van der Waals surface area contributed by atoms with Gasteiger partial charge in [0.1, 0.15) is 0 Å². The molecule has 0 fully saturated rings. The number of allylic oxidation sites excluding steroid dienone is 6. The molecule has 4 aliphatic rings. The molecule has 5 heteroatoms. The van der Waals surface area contributed by atoms with Gasteiger partial charge in [0.2, 0.25) is 5.91 Å². The number of anilines is 1. The van der Waals surface area contributed by atoms with E-state index in [1.165, 1.54) is 27.8 Å². The van der Waals surface area contributed by atoms with Crippen LogP contribution in [-0.4, -0.2) is 22.3 Å². The largest absolute Gasteiger partial charge is 0.355 e. The van der Waals surface area contributed by atoms with E-state index < -0.39 is 5.92 Å². The number of aromatic nitrogens is 1. The average Bonchev–Trinajstić information content (AvgIpc) is 3.65. The molecule has 2 aromatic rings. The van der Waals surface area contributed by atoms with E-state index in [4.69, 9.17) is 9.98 Å². The molecular formula is C36H38N4O. The predicted octanol–water partition coefficient (Wildman–Crippen LogP) is 6.53. The zero-order valence-corrected chi connectivity index (χ0v) is 24.9. The molecule has 8 bridgehead atoms. The van der Waals surface area contributed by atoms with Gasteiger partial charge in [0, 0.05) is 22.1 Å². The van der Waals surface area contributed by atoms with Gasteiger partial charge in [-0.15, -0.1) is 0 Å². The Balaban J connectivity index is 1.66. The summed E-state index contributed by atoms with van der Waals surface area (Å²) in [4.78, 5) is 29.8. The zero-order valence-electron chi connectivity index (χ0n) is 24.9. The van der Waals surface area contributed by atoms with Gasteiger partial charge in [-0.1, -0.05) is 45.9 Å². The van der Waals surface area contributed by atoms with Crippen LogP contribution in [0.15, 0.2) is 97.9 Å². The van der Waals surface area contributed by atoms with Crippen molar-refractivity contribution < 1.29 is 4.79 Å². The van der Waals surface area contributed by atoms with E-state index >= 15 is 0 Å². The molecular weight excluding hydrogens is 504 g/mol. The molecule has 5 nitrogen and oxygen atoms in total. The van der Waals surface area contributed by atoms with Crippen LogP contribution in [0.25, 0.3) is 12.2 Å². The number of H-pyrrole nitrogens is 1. The van der Waals surface area contributed by atoms with Gasteiger partial charge in [0.25, 0.3) is 0 Å². The summed E-state index contributed by atoms with van der Waals surface area (Å²) in [6.07, 6.45) is 14.2. The van der Waals surface area contributed by atoms with Gasteiger partial charge >= 0.3 is 0 Å². The van der Waals surface area contributed by atoms with Crippen molar-refractivity contribution in [2.75, 3.05) is 4.90 Å². The normalized spacial score (nSPS) is 24.2. The van der Waals surface area contributed by atoms with Crippen LogP contribution < -0.4 is 15.6 Å². The average molecular weight is 543 g/mol. The lowest BCUT2D eigenvalue weighted by atomic mass is 9.97. The third kappa shape index (κ3) is 4.44. The fourth-order valence-corrected chi connectivity index (χ4v) is 6.64. The number of aliphatic imine (C=N–C) groups is 2. The Morgan fingerprint density at radius 1 is 0.756 bits per heavy atom. The molecule has 1 aromatic carbocycles. The first kappa shape index (κ1) is 26.9. The van der Waals surface area contributed by atoms with Crippen LogP contribution in [0.4, 0.5) is 5.69 Å². The fraction of sp³-hybridized carbons (Fsp3) is 0.306. The minimum atomic E-state index is -0.391. The summed E-state index contributed by atoms with van der Waals surface area (Å²) in [7, 11) is 0. The first-order valence-electron chi connectivity index (χ1n) is 14.9. The molecule has 4 aliphatic heterocycles. The summed E-state index contributed by atoms with van der Waals surface area (Å²) in [5.74, 6) is -0.350. The Bertz CT molecular complexity index is 1800. The molecule has 1 N–H and O–H groups in total. The topological polar surface area (TPSA) is 60.8 Å². The maximum absolute atomic E-state index is 14.0. The van der Waals surface area contributed by atoms with Crippen LogP contribution in [0.3, 0.4) is 0 Å². The number of rotatable bonds is 5. The number of hydrogen-bond donors (Lipinski definition) is 1. The van der Waals surface area contributed by atoms with Gasteiger partial charge in [-0.3, -0.25) is 9.69 Å². The quantitative estimate of drug-likeness (QED) is 0.459. The summed E-state index contributed by atoms with van der Waals surface area (Å²) >= 11 is 0. The molecule has 0 saturated heterocycles. The number of nitrogens with one attached hydrogen (secondary N) is 1. The molecule has 41 heavy (non-hydrogen) atoms. The molecule has 0 saturated carbocycles. The van der Waals surface area contributed by atoms with E-state index in [1.54, 1.807) is 0 Å². The van der Waals surface area contributed by atoms with Gasteiger partial charge < -0.3 is 4.98 Å². The minimum Gasteiger partial charge on any atom is -0.355 e. The van der Waals surface area contributed by atoms with Crippen molar-refractivity contribution in [1.82, 2.24) is 4.98 Å². The molecule has 1 aromatic heterocycles. The molecule has 6 rings (SSSR count). The maximum Gasteiger partial charge on any atom is 0.242 e. The Hall–Kier alpha value is -4.25. The van der Waals surface area contributed by atoms with Crippen LogP contribution in [0, 0.1) is 12.8 Å². The first-order chi connectivity index (χ1) is 19.9. The van der Waals surface area contributed by atoms with Crippen molar-refractivity contribution >= 4 is 35.2 Å². The van der Waals surface area contributed by atoms with Crippen LogP contribution in [0.2, 0.25) is 0 Å². The van der Waals surface area contributed by atoms with Gasteiger partial charge in [0.15, 0.2) is 0 Å². The van der Waals surface area contributed by atoms with Gasteiger partial charge in [-0.2, -0.15) is 0 Å². The highest BCUT2D eigenvalue weighted by Gasteiger charge is 2.33. The third-order valence-electron chi connectivity index (χ3n) is 8.79. The second kappa shape index (κ2) is 10.6. The molecule has 0 spiro atoms. The molecule has 5 heterocycles. The fourth-order valence-electron chi connectivity index (χ4n) is 6.64. The summed E-state index contributed by atoms with van der Waals surface area (Å²) in [5.41, 5.74) is 13.0. The smallest absolute Gasteiger partial charge is 0.242 e. The number of fused-ring (bicyclic) bond motifs is 5. The van der Waals surface area contributed by atoms with Crippen molar-refractivity contribution in [3.8, 4) is 0 Å². The van der Waals surface area contributed by atoms with E-state index in [0.29, 0.717) is 0 Å². The van der Waals surface area contributed by atoms with E-state index in [1.807, 2.05) is 35.2 Å². The van der Waals surface area contributed by atoms with Gasteiger partial charge in [-0.05, 0) is 115 Å². The second-order valence-corrected chi connectivity index (χ2v) is 11.0. The Morgan fingerprint density at radius 2 is 1.44 bits per heavy atom. The molecule has 1 unspecified atom stereocenters.